The second-order valence-corrected chi connectivity index (χ2v) is 6.09. The number of fused-ring (bicyclic) bond motifs is 1. The van der Waals surface area contributed by atoms with Gasteiger partial charge < -0.3 is 18.6 Å². The molecule has 1 N–H and O–H groups in total. The van der Waals surface area contributed by atoms with Crippen molar-refractivity contribution in [1.29, 1.82) is 0 Å². The minimum atomic E-state index is -0.475. The number of nitrogens with zero attached hydrogens (tertiary/aromatic N) is 1. The van der Waals surface area contributed by atoms with E-state index in [1.807, 2.05) is 13.0 Å². The van der Waals surface area contributed by atoms with Crippen LogP contribution in [0.5, 0.6) is 17.2 Å². The number of hydrazone groups is 1. The summed E-state index contributed by atoms with van der Waals surface area (Å²) in [4.78, 5) is 12.3. The highest BCUT2D eigenvalue weighted by molar-refractivity contribution is 6.32. The van der Waals surface area contributed by atoms with Crippen LogP contribution in [-0.4, -0.2) is 32.9 Å². The molecule has 0 atom stereocenters. The predicted octanol–water partition coefficient (Wildman–Crippen LogP) is 4.27. The third kappa shape index (κ3) is 4.20. The van der Waals surface area contributed by atoms with Gasteiger partial charge in [0.2, 0.25) is 0 Å². The summed E-state index contributed by atoms with van der Waals surface area (Å²) < 4.78 is 21.4. The molecule has 0 aliphatic rings. The number of methoxy groups -OCH3 is 2. The first kappa shape index (κ1) is 19.6. The number of hydrogen-bond acceptors (Lipinski definition) is 6. The van der Waals surface area contributed by atoms with Gasteiger partial charge in [-0.3, -0.25) is 4.79 Å². The smallest absolute Gasteiger partial charge is 0.307 e. The van der Waals surface area contributed by atoms with Crippen molar-refractivity contribution in [1.82, 2.24) is 5.43 Å². The molecule has 0 radical (unpaired) electrons. The molecule has 0 unspecified atom stereocenters. The molecule has 2 aromatic carbocycles. The summed E-state index contributed by atoms with van der Waals surface area (Å²) in [5.74, 6) is 1.28. The number of furan rings is 1. The number of benzene rings is 2. The lowest BCUT2D eigenvalue weighted by molar-refractivity contribution is 0.0929. The van der Waals surface area contributed by atoms with Gasteiger partial charge in [-0.15, -0.1) is 0 Å². The number of ether oxygens (including phenoxy) is 3. The Labute approximate surface area is 166 Å². The van der Waals surface area contributed by atoms with Crippen LogP contribution in [0, 0.1) is 0 Å². The van der Waals surface area contributed by atoms with Gasteiger partial charge in [0.1, 0.15) is 11.3 Å². The Balaban J connectivity index is 1.73. The van der Waals surface area contributed by atoms with E-state index in [4.69, 9.17) is 30.2 Å². The van der Waals surface area contributed by atoms with Crippen molar-refractivity contribution in [2.24, 2.45) is 5.10 Å². The molecule has 7 nitrogen and oxygen atoms in total. The molecular formula is C20H19ClN2O5. The van der Waals surface area contributed by atoms with Crippen molar-refractivity contribution >= 4 is 34.7 Å². The molecule has 3 aromatic rings. The van der Waals surface area contributed by atoms with E-state index in [-0.39, 0.29) is 5.76 Å². The van der Waals surface area contributed by atoms with Crippen LogP contribution < -0.4 is 19.6 Å². The summed E-state index contributed by atoms with van der Waals surface area (Å²) in [5.41, 5.74) is 3.64. The average Bonchev–Trinajstić information content (AvgIpc) is 3.11. The molecule has 0 saturated carbocycles. The molecule has 0 saturated heterocycles. The van der Waals surface area contributed by atoms with Gasteiger partial charge in [-0.2, -0.15) is 5.10 Å². The predicted molar refractivity (Wildman–Crippen MR) is 107 cm³/mol. The Morgan fingerprint density at radius 3 is 2.75 bits per heavy atom. The summed E-state index contributed by atoms with van der Waals surface area (Å²) in [6, 6.07) is 10.3. The maximum absolute atomic E-state index is 12.3. The Morgan fingerprint density at radius 1 is 1.21 bits per heavy atom. The number of carbonyl (C=O) groups excluding carboxylic acids is 1. The number of halogens is 1. The molecular weight excluding hydrogens is 384 g/mol. The van der Waals surface area contributed by atoms with Gasteiger partial charge in [0.15, 0.2) is 17.3 Å². The molecule has 0 aliphatic heterocycles. The molecule has 0 aliphatic carbocycles. The van der Waals surface area contributed by atoms with Gasteiger partial charge in [0.05, 0.1) is 32.1 Å². The van der Waals surface area contributed by atoms with E-state index in [2.05, 4.69) is 10.5 Å². The third-order valence-corrected chi connectivity index (χ3v) is 4.14. The van der Waals surface area contributed by atoms with E-state index < -0.39 is 5.91 Å². The second-order valence-electron chi connectivity index (χ2n) is 5.68. The van der Waals surface area contributed by atoms with Gasteiger partial charge in [-0.05, 0) is 48.9 Å². The summed E-state index contributed by atoms with van der Waals surface area (Å²) in [6.45, 7) is 2.47. The minimum absolute atomic E-state index is 0.145. The van der Waals surface area contributed by atoms with Crippen molar-refractivity contribution in [3.8, 4) is 17.2 Å². The quantitative estimate of drug-likeness (QED) is 0.471. The second kappa shape index (κ2) is 8.67. The number of hydrogen-bond donors (Lipinski definition) is 1. The zero-order valence-corrected chi connectivity index (χ0v) is 16.4. The highest BCUT2D eigenvalue weighted by Gasteiger charge is 2.13. The van der Waals surface area contributed by atoms with Crippen LogP contribution in [0.1, 0.15) is 23.0 Å². The molecule has 146 valence electrons. The third-order valence-electron chi connectivity index (χ3n) is 3.86. The zero-order chi connectivity index (χ0) is 20.1. The van der Waals surface area contributed by atoms with E-state index in [0.29, 0.717) is 40.0 Å². The molecule has 1 aromatic heterocycles. The standard InChI is InChI=1S/C20H19ClN2O5/c1-4-27-14-5-6-16-13(9-14)10-18(28-16)20(24)23-22-11-12-7-15(21)19(26-3)17(8-12)25-2/h5-11H,4H2,1-3H3,(H,23,24)/b22-11+. The van der Waals surface area contributed by atoms with Crippen LogP contribution in [-0.2, 0) is 0 Å². The van der Waals surface area contributed by atoms with Crippen LogP contribution in [0.15, 0.2) is 45.9 Å². The first-order valence-corrected chi connectivity index (χ1v) is 8.84. The van der Waals surface area contributed by atoms with Crippen LogP contribution in [0.3, 0.4) is 0 Å². The lowest BCUT2D eigenvalue weighted by Crippen LogP contribution is -2.16. The van der Waals surface area contributed by atoms with Crippen LogP contribution >= 0.6 is 11.6 Å². The fraction of sp³-hybridized carbons (Fsp3) is 0.200. The topological polar surface area (TPSA) is 82.3 Å². The van der Waals surface area contributed by atoms with Crippen molar-refractivity contribution in [2.45, 2.75) is 6.92 Å². The Hall–Kier alpha value is -3.19. The fourth-order valence-corrected chi connectivity index (χ4v) is 2.92. The Kier molecular flexibility index (Phi) is 6.06. The highest BCUT2D eigenvalue weighted by atomic mass is 35.5. The van der Waals surface area contributed by atoms with Gasteiger partial charge in [0.25, 0.3) is 0 Å². The molecule has 1 heterocycles. The lowest BCUT2D eigenvalue weighted by atomic mass is 10.2. The highest BCUT2D eigenvalue weighted by Crippen LogP contribution is 2.35. The van der Waals surface area contributed by atoms with Gasteiger partial charge in [-0.1, -0.05) is 11.6 Å². The van der Waals surface area contributed by atoms with Crippen molar-refractivity contribution in [3.05, 3.63) is 52.7 Å². The minimum Gasteiger partial charge on any atom is -0.494 e. The van der Waals surface area contributed by atoms with Crippen molar-refractivity contribution in [2.75, 3.05) is 20.8 Å². The summed E-state index contributed by atoms with van der Waals surface area (Å²) in [5, 5.41) is 5.09. The van der Waals surface area contributed by atoms with Crippen molar-refractivity contribution in [3.63, 3.8) is 0 Å². The number of nitrogens with one attached hydrogen (secondary N) is 1. The molecule has 28 heavy (non-hydrogen) atoms. The summed E-state index contributed by atoms with van der Waals surface area (Å²) >= 11 is 6.15. The number of amides is 1. The van der Waals surface area contributed by atoms with Crippen LogP contribution in [0.2, 0.25) is 5.02 Å². The van der Waals surface area contributed by atoms with Crippen LogP contribution in [0.25, 0.3) is 11.0 Å². The summed E-state index contributed by atoms with van der Waals surface area (Å²) in [7, 11) is 3.01. The first-order chi connectivity index (χ1) is 13.5. The average molecular weight is 403 g/mol. The van der Waals surface area contributed by atoms with E-state index in [1.54, 1.807) is 30.3 Å². The van der Waals surface area contributed by atoms with E-state index in [9.17, 15) is 4.79 Å². The molecule has 0 fully saturated rings. The molecule has 3 rings (SSSR count). The molecule has 0 spiro atoms. The summed E-state index contributed by atoms with van der Waals surface area (Å²) in [6.07, 6.45) is 1.45. The zero-order valence-electron chi connectivity index (χ0n) is 15.6. The molecule has 8 heteroatoms. The maximum atomic E-state index is 12.3. The molecule has 1 amide bonds. The van der Waals surface area contributed by atoms with Crippen LogP contribution in [0.4, 0.5) is 0 Å². The molecule has 0 bridgehead atoms. The Bertz CT molecular complexity index is 1030. The fourth-order valence-electron chi connectivity index (χ4n) is 2.62. The normalized spacial score (nSPS) is 11.0. The van der Waals surface area contributed by atoms with Gasteiger partial charge in [-0.25, -0.2) is 5.43 Å². The largest absolute Gasteiger partial charge is 0.494 e. The number of rotatable bonds is 7. The van der Waals surface area contributed by atoms with E-state index >= 15 is 0 Å². The SMILES string of the molecule is CCOc1ccc2oc(C(=O)N/N=C/c3cc(Cl)c(OC)c(OC)c3)cc2c1. The van der Waals surface area contributed by atoms with E-state index in [0.717, 1.165) is 5.39 Å². The van der Waals surface area contributed by atoms with E-state index in [1.165, 1.54) is 20.4 Å². The maximum Gasteiger partial charge on any atom is 0.307 e. The first-order valence-electron chi connectivity index (χ1n) is 8.47. The van der Waals surface area contributed by atoms with Crippen molar-refractivity contribution < 1.29 is 23.4 Å². The van der Waals surface area contributed by atoms with Gasteiger partial charge >= 0.3 is 5.91 Å². The van der Waals surface area contributed by atoms with Gasteiger partial charge in [0, 0.05) is 5.39 Å². The monoisotopic (exact) mass is 402 g/mol. The Morgan fingerprint density at radius 2 is 2.04 bits per heavy atom. The number of carbonyl (C=O) groups is 1. The lowest BCUT2D eigenvalue weighted by Gasteiger charge is -2.09.